The van der Waals surface area contributed by atoms with Gasteiger partial charge in [0.2, 0.25) is 5.95 Å². The molecule has 0 fully saturated rings. The van der Waals surface area contributed by atoms with E-state index in [1.165, 1.54) is 4.68 Å². The fourth-order valence-corrected chi connectivity index (χ4v) is 3.44. The molecule has 0 spiro atoms. The number of fused-ring (bicyclic) bond motifs is 2. The maximum Gasteiger partial charge on any atom is 0.439 e. The van der Waals surface area contributed by atoms with Crippen LogP contribution in [0.2, 0.25) is 0 Å². The average Bonchev–Trinajstić information content (AvgIpc) is 3.10. The largest absolute Gasteiger partial charge is 0.496 e. The lowest BCUT2D eigenvalue weighted by molar-refractivity contribution is 0.420. The third kappa shape index (κ3) is 3.44. The fourth-order valence-electron chi connectivity index (χ4n) is 3.44. The molecule has 0 aliphatic heterocycles. The molecule has 3 aromatic carbocycles. The molecule has 154 valence electrons. The molecule has 0 atom stereocenters. The minimum atomic E-state index is -0.520. The molecule has 2 N–H and O–H groups in total. The van der Waals surface area contributed by atoms with Crippen molar-refractivity contribution in [2.45, 2.75) is 6.92 Å². The summed E-state index contributed by atoms with van der Waals surface area (Å²) in [4.78, 5) is 21.2. The number of nitrogens with zero attached hydrogens (tertiary/aromatic N) is 3. The average molecular weight is 413 g/mol. The first kappa shape index (κ1) is 18.7. The van der Waals surface area contributed by atoms with Crippen molar-refractivity contribution >= 4 is 39.3 Å². The zero-order valence-corrected chi connectivity index (χ0v) is 16.9. The van der Waals surface area contributed by atoms with Gasteiger partial charge in [0.25, 0.3) is 0 Å². The molecule has 5 aromatic rings. The lowest BCUT2D eigenvalue weighted by Gasteiger charge is -2.13. The van der Waals surface area contributed by atoms with Gasteiger partial charge in [0, 0.05) is 28.9 Å². The Labute approximate surface area is 177 Å². The molecule has 0 saturated heterocycles. The fraction of sp³-hybridized carbons (Fsp3) is 0.0870. The van der Waals surface area contributed by atoms with Crippen LogP contribution < -0.4 is 21.2 Å². The molecule has 0 aliphatic rings. The number of rotatable bonds is 5. The summed E-state index contributed by atoms with van der Waals surface area (Å²) in [5, 5.41) is 5.27. The van der Waals surface area contributed by atoms with Crippen LogP contribution >= 0.6 is 0 Å². The molecule has 0 amide bonds. The van der Waals surface area contributed by atoms with Gasteiger partial charge in [0.15, 0.2) is 11.4 Å². The predicted octanol–water partition coefficient (Wildman–Crippen LogP) is 4.47. The summed E-state index contributed by atoms with van der Waals surface area (Å²) in [7, 11) is 1.64. The first-order chi connectivity index (χ1) is 15.1. The maximum atomic E-state index is 12.3. The molecule has 0 unspecified atom stereocenters. The quantitative estimate of drug-likeness (QED) is 0.439. The van der Waals surface area contributed by atoms with Crippen LogP contribution in [0.15, 0.2) is 76.1 Å². The Hall–Kier alpha value is -4.33. The molecule has 0 saturated carbocycles. The summed E-state index contributed by atoms with van der Waals surface area (Å²) in [6.07, 6.45) is 1.68. The molecule has 0 bridgehead atoms. The highest BCUT2D eigenvalue weighted by Crippen LogP contribution is 2.31. The first-order valence-corrected chi connectivity index (χ1v) is 9.67. The SMILES string of the molecule is COc1cc(Nc2ncc(C)c(Nn3c(=O)oc4ccccc43)n2)cc2ccccc12. The van der Waals surface area contributed by atoms with Crippen molar-refractivity contribution < 1.29 is 9.15 Å². The van der Waals surface area contributed by atoms with Crippen LogP contribution in [0, 0.1) is 6.92 Å². The second kappa shape index (κ2) is 7.49. The minimum absolute atomic E-state index is 0.381. The van der Waals surface area contributed by atoms with Gasteiger partial charge in [-0.15, -0.1) is 0 Å². The number of anilines is 3. The Morgan fingerprint density at radius 2 is 1.87 bits per heavy atom. The van der Waals surface area contributed by atoms with Crippen molar-refractivity contribution in [2.24, 2.45) is 0 Å². The molecule has 8 heteroatoms. The third-order valence-corrected chi connectivity index (χ3v) is 4.98. The summed E-state index contributed by atoms with van der Waals surface area (Å²) in [6.45, 7) is 1.86. The normalized spacial score (nSPS) is 11.0. The zero-order valence-electron chi connectivity index (χ0n) is 16.9. The van der Waals surface area contributed by atoms with Gasteiger partial charge < -0.3 is 14.5 Å². The summed E-state index contributed by atoms with van der Waals surface area (Å²) < 4.78 is 12.1. The number of aromatic nitrogens is 3. The van der Waals surface area contributed by atoms with Gasteiger partial charge in [-0.25, -0.2) is 9.78 Å². The molecule has 0 radical (unpaired) electrons. The molecular weight excluding hydrogens is 394 g/mol. The Kier molecular flexibility index (Phi) is 4.51. The number of nitrogens with one attached hydrogen (secondary N) is 2. The second-order valence-corrected chi connectivity index (χ2v) is 7.03. The molecule has 0 aliphatic carbocycles. The highest BCUT2D eigenvalue weighted by atomic mass is 16.5. The van der Waals surface area contributed by atoms with Gasteiger partial charge in [-0.1, -0.05) is 36.4 Å². The van der Waals surface area contributed by atoms with E-state index in [0.717, 1.165) is 27.8 Å². The number of ether oxygens (including phenoxy) is 1. The maximum absolute atomic E-state index is 12.3. The molecule has 2 heterocycles. The molecular formula is C23H19N5O3. The van der Waals surface area contributed by atoms with Gasteiger partial charge in [-0.2, -0.15) is 9.66 Å². The number of methoxy groups -OCH3 is 1. The summed E-state index contributed by atoms with van der Waals surface area (Å²) >= 11 is 0. The zero-order chi connectivity index (χ0) is 21.4. The van der Waals surface area contributed by atoms with E-state index < -0.39 is 5.76 Å². The van der Waals surface area contributed by atoms with Crippen molar-refractivity contribution in [3.63, 3.8) is 0 Å². The van der Waals surface area contributed by atoms with Crippen LogP contribution in [0.1, 0.15) is 5.56 Å². The molecule has 8 nitrogen and oxygen atoms in total. The Morgan fingerprint density at radius 1 is 1.06 bits per heavy atom. The highest BCUT2D eigenvalue weighted by Gasteiger charge is 2.12. The Morgan fingerprint density at radius 3 is 2.74 bits per heavy atom. The summed E-state index contributed by atoms with van der Waals surface area (Å²) in [5.41, 5.74) is 5.72. The van der Waals surface area contributed by atoms with Crippen molar-refractivity contribution in [2.75, 3.05) is 17.9 Å². The Balaban J connectivity index is 1.50. The lowest BCUT2D eigenvalue weighted by Crippen LogP contribution is -2.23. The van der Waals surface area contributed by atoms with Crippen molar-refractivity contribution in [3.8, 4) is 5.75 Å². The number of benzene rings is 3. The van der Waals surface area contributed by atoms with Crippen LogP contribution in [-0.2, 0) is 0 Å². The second-order valence-electron chi connectivity index (χ2n) is 7.03. The molecule has 31 heavy (non-hydrogen) atoms. The van der Waals surface area contributed by atoms with Gasteiger partial charge in [0.1, 0.15) is 11.3 Å². The first-order valence-electron chi connectivity index (χ1n) is 9.67. The molecule has 2 aromatic heterocycles. The van der Waals surface area contributed by atoms with Gasteiger partial charge in [-0.3, -0.25) is 5.43 Å². The van der Waals surface area contributed by atoms with Gasteiger partial charge >= 0.3 is 5.76 Å². The van der Waals surface area contributed by atoms with Crippen molar-refractivity contribution in [1.82, 2.24) is 14.6 Å². The third-order valence-electron chi connectivity index (χ3n) is 4.98. The highest BCUT2D eigenvalue weighted by molar-refractivity contribution is 5.92. The lowest BCUT2D eigenvalue weighted by atomic mass is 10.1. The van der Waals surface area contributed by atoms with Gasteiger partial charge in [-0.05, 0) is 30.5 Å². The molecule has 5 rings (SSSR count). The van der Waals surface area contributed by atoms with E-state index in [-0.39, 0.29) is 0 Å². The van der Waals surface area contributed by atoms with E-state index in [2.05, 4.69) is 20.7 Å². The monoisotopic (exact) mass is 413 g/mol. The van der Waals surface area contributed by atoms with Crippen LogP contribution in [0.4, 0.5) is 17.5 Å². The van der Waals surface area contributed by atoms with E-state index in [1.807, 2.05) is 55.5 Å². The van der Waals surface area contributed by atoms with E-state index >= 15 is 0 Å². The summed E-state index contributed by atoms with van der Waals surface area (Å²) in [6, 6.07) is 19.1. The number of oxazole rings is 1. The Bertz CT molecular complexity index is 1470. The van der Waals surface area contributed by atoms with Crippen molar-refractivity contribution in [1.29, 1.82) is 0 Å². The van der Waals surface area contributed by atoms with Crippen LogP contribution in [0.3, 0.4) is 0 Å². The smallest absolute Gasteiger partial charge is 0.439 e. The van der Waals surface area contributed by atoms with Crippen LogP contribution in [0.5, 0.6) is 5.75 Å². The number of aryl methyl sites for hydroxylation is 1. The standard InChI is InChI=1S/C23H19N5O3/c1-14-13-24-22(25-16-11-15-7-3-4-8-17(15)20(12-16)30-2)26-21(14)27-28-18-9-5-6-10-19(18)31-23(28)29/h3-13H,1-2H3,(H2,24,25,26,27). The number of hydrogen-bond acceptors (Lipinski definition) is 7. The van der Waals surface area contributed by atoms with E-state index in [9.17, 15) is 4.79 Å². The van der Waals surface area contributed by atoms with Crippen LogP contribution in [-0.4, -0.2) is 21.8 Å². The number of hydrogen-bond donors (Lipinski definition) is 2. The van der Waals surface area contributed by atoms with Crippen LogP contribution in [0.25, 0.3) is 21.9 Å². The van der Waals surface area contributed by atoms with Crippen molar-refractivity contribution in [3.05, 3.63) is 83.0 Å². The summed E-state index contributed by atoms with van der Waals surface area (Å²) in [5.74, 6) is 1.10. The van der Waals surface area contributed by atoms with Gasteiger partial charge in [0.05, 0.1) is 7.11 Å². The van der Waals surface area contributed by atoms with E-state index in [4.69, 9.17) is 9.15 Å². The topological polar surface area (TPSA) is 94.2 Å². The number of para-hydroxylation sites is 2. The predicted molar refractivity (Wildman–Crippen MR) is 120 cm³/mol. The van der Waals surface area contributed by atoms with E-state index in [0.29, 0.717) is 22.9 Å². The minimum Gasteiger partial charge on any atom is -0.496 e. The van der Waals surface area contributed by atoms with E-state index in [1.54, 1.807) is 25.4 Å².